The third kappa shape index (κ3) is 11.9. The lowest BCUT2D eigenvalue weighted by Gasteiger charge is -2.38. The van der Waals surface area contributed by atoms with Crippen LogP contribution in [0.5, 0.6) is 0 Å². The number of hydrogen-bond donors (Lipinski definition) is 0. The van der Waals surface area contributed by atoms with Crippen molar-refractivity contribution in [2.75, 3.05) is 13.7 Å². The van der Waals surface area contributed by atoms with Crippen LogP contribution in [0.1, 0.15) is 125 Å². The molecule has 1 aliphatic carbocycles. The third-order valence-electron chi connectivity index (χ3n) is 7.43. The lowest BCUT2D eigenvalue weighted by Crippen LogP contribution is -2.47. The molecule has 0 spiro atoms. The number of nitrogens with zero attached hydrogens (tertiary/aromatic N) is 1. The van der Waals surface area contributed by atoms with Crippen LogP contribution in [0.2, 0.25) is 0 Å². The zero-order chi connectivity index (χ0) is 25.5. The van der Waals surface area contributed by atoms with Crippen LogP contribution in [0.25, 0.3) is 0 Å². The van der Waals surface area contributed by atoms with Gasteiger partial charge >= 0.3 is 12.1 Å². The molecule has 1 saturated carbocycles. The van der Waals surface area contributed by atoms with Gasteiger partial charge in [-0.2, -0.15) is 0 Å². The first kappa shape index (κ1) is 30.8. The largest absolute Gasteiger partial charge is 0.464 e. The van der Waals surface area contributed by atoms with Crippen LogP contribution in [-0.2, 0) is 14.3 Å². The van der Waals surface area contributed by atoms with Crippen molar-refractivity contribution in [2.24, 2.45) is 23.7 Å². The fourth-order valence-corrected chi connectivity index (χ4v) is 5.13. The topological polar surface area (TPSA) is 55.8 Å². The zero-order valence-corrected chi connectivity index (χ0v) is 23.4. The minimum atomic E-state index is -0.593. The fraction of sp³-hybridized carbons (Fsp3) is 0.931. The number of carbonyl (C=O) groups is 2. The first-order valence-corrected chi connectivity index (χ1v) is 14.3. The van der Waals surface area contributed by atoms with Gasteiger partial charge in [-0.1, -0.05) is 99.3 Å². The van der Waals surface area contributed by atoms with Crippen LogP contribution in [0.4, 0.5) is 4.79 Å². The van der Waals surface area contributed by atoms with Crippen molar-refractivity contribution in [3.63, 3.8) is 0 Å². The molecule has 1 rings (SSSR count). The molecule has 5 heteroatoms. The molecule has 4 unspecified atom stereocenters. The van der Waals surface area contributed by atoms with E-state index in [-0.39, 0.29) is 18.0 Å². The molecule has 0 heterocycles. The van der Waals surface area contributed by atoms with Gasteiger partial charge in [0.1, 0.15) is 12.1 Å². The van der Waals surface area contributed by atoms with Gasteiger partial charge in [-0.25, -0.2) is 9.59 Å². The van der Waals surface area contributed by atoms with Gasteiger partial charge in [-0.3, -0.25) is 4.90 Å². The molecule has 1 fully saturated rings. The van der Waals surface area contributed by atoms with Gasteiger partial charge in [-0.15, -0.1) is 0 Å². The Hall–Kier alpha value is -1.26. The number of esters is 1. The first-order chi connectivity index (χ1) is 16.2. The van der Waals surface area contributed by atoms with Crippen molar-refractivity contribution in [3.05, 3.63) is 0 Å². The summed E-state index contributed by atoms with van der Waals surface area (Å²) in [5, 5.41) is 0. The molecule has 1 aliphatic rings. The third-order valence-corrected chi connectivity index (χ3v) is 7.43. The van der Waals surface area contributed by atoms with E-state index < -0.39 is 12.1 Å². The summed E-state index contributed by atoms with van der Waals surface area (Å²) in [5.41, 5.74) is 0. The van der Waals surface area contributed by atoms with E-state index in [0.29, 0.717) is 30.8 Å². The summed E-state index contributed by atoms with van der Waals surface area (Å²) < 4.78 is 11.6. The van der Waals surface area contributed by atoms with Crippen LogP contribution in [0.3, 0.4) is 0 Å². The van der Waals surface area contributed by atoms with Gasteiger partial charge in [-0.05, 0) is 49.4 Å². The van der Waals surface area contributed by atoms with Gasteiger partial charge < -0.3 is 9.47 Å². The molecule has 0 aromatic rings. The zero-order valence-electron chi connectivity index (χ0n) is 23.4. The molecule has 1 amide bonds. The number of amides is 1. The highest BCUT2D eigenvalue weighted by atomic mass is 16.6. The molecule has 34 heavy (non-hydrogen) atoms. The smallest absolute Gasteiger partial charge is 0.410 e. The maximum absolute atomic E-state index is 13.1. The number of unbranched alkanes of at least 4 members (excludes halogenated alkanes) is 8. The van der Waals surface area contributed by atoms with Crippen LogP contribution in [0, 0.1) is 23.7 Å². The number of hydrogen-bond acceptors (Lipinski definition) is 4. The monoisotopic (exact) mass is 481 g/mol. The maximum atomic E-state index is 13.1. The number of carbonyl (C=O) groups excluding carboxylic acids is 2. The maximum Gasteiger partial charge on any atom is 0.410 e. The Morgan fingerprint density at radius 3 is 2.06 bits per heavy atom. The van der Waals surface area contributed by atoms with Gasteiger partial charge in [0.2, 0.25) is 0 Å². The van der Waals surface area contributed by atoms with Crippen molar-refractivity contribution in [1.82, 2.24) is 4.90 Å². The molecule has 0 radical (unpaired) electrons. The molecule has 0 saturated heterocycles. The number of rotatable bonds is 16. The Morgan fingerprint density at radius 1 is 0.912 bits per heavy atom. The Bertz CT molecular complexity index is 562. The van der Waals surface area contributed by atoms with E-state index in [1.165, 1.54) is 56.3 Å². The molecule has 0 N–H and O–H groups in total. The van der Waals surface area contributed by atoms with E-state index in [1.54, 1.807) is 7.05 Å². The van der Waals surface area contributed by atoms with Gasteiger partial charge in [0.05, 0.1) is 6.61 Å². The summed E-state index contributed by atoms with van der Waals surface area (Å²) in [5.74, 6) is 1.40. The summed E-state index contributed by atoms with van der Waals surface area (Å²) >= 11 is 0. The Morgan fingerprint density at radius 2 is 1.50 bits per heavy atom. The first-order valence-electron chi connectivity index (χ1n) is 14.3. The van der Waals surface area contributed by atoms with E-state index in [2.05, 4.69) is 41.5 Å². The van der Waals surface area contributed by atoms with Crippen LogP contribution in [-0.4, -0.2) is 42.8 Å². The second-order valence-corrected chi connectivity index (χ2v) is 11.5. The van der Waals surface area contributed by atoms with E-state index >= 15 is 0 Å². The predicted octanol–water partition coefficient (Wildman–Crippen LogP) is 8.00. The van der Waals surface area contributed by atoms with E-state index in [4.69, 9.17) is 9.47 Å². The summed E-state index contributed by atoms with van der Waals surface area (Å²) in [4.78, 5) is 27.4. The summed E-state index contributed by atoms with van der Waals surface area (Å²) in [6.45, 7) is 13.4. The second kappa shape index (κ2) is 17.2. The second-order valence-electron chi connectivity index (χ2n) is 11.5. The minimum absolute atomic E-state index is 0.0728. The van der Waals surface area contributed by atoms with E-state index in [0.717, 1.165) is 25.7 Å². The lowest BCUT2D eigenvalue weighted by atomic mass is 9.75. The standard InChI is InChI=1S/C29H55NO4/c1-8-9-10-11-12-13-14-15-16-19-33-28(31)26(20-22(2)3)30(7)29(32)34-27-21-24(6)17-18-25(27)23(4)5/h22-27H,8-21H2,1-7H3. The van der Waals surface area contributed by atoms with Crippen molar-refractivity contribution >= 4 is 12.1 Å². The van der Waals surface area contributed by atoms with Crippen LogP contribution < -0.4 is 0 Å². The summed E-state index contributed by atoms with van der Waals surface area (Å²) in [6, 6.07) is -0.593. The summed E-state index contributed by atoms with van der Waals surface area (Å²) in [7, 11) is 1.69. The molecular formula is C29H55NO4. The normalized spacial score (nSPS) is 21.5. The minimum Gasteiger partial charge on any atom is -0.464 e. The highest BCUT2D eigenvalue weighted by molar-refractivity contribution is 5.81. The Balaban J connectivity index is 2.49. The van der Waals surface area contributed by atoms with Gasteiger partial charge in [0.25, 0.3) is 0 Å². The predicted molar refractivity (Wildman–Crippen MR) is 141 cm³/mol. The molecule has 0 aromatic carbocycles. The van der Waals surface area contributed by atoms with Crippen molar-refractivity contribution in [3.8, 4) is 0 Å². The summed E-state index contributed by atoms with van der Waals surface area (Å²) in [6.07, 6.45) is 14.3. The van der Waals surface area contributed by atoms with Crippen molar-refractivity contribution < 1.29 is 19.1 Å². The average molecular weight is 482 g/mol. The van der Waals surface area contributed by atoms with Crippen LogP contribution in [0.15, 0.2) is 0 Å². The highest BCUT2D eigenvalue weighted by Crippen LogP contribution is 2.35. The van der Waals surface area contributed by atoms with E-state index in [9.17, 15) is 9.59 Å². The molecule has 0 aromatic heterocycles. The van der Waals surface area contributed by atoms with Crippen molar-refractivity contribution in [2.45, 2.75) is 137 Å². The van der Waals surface area contributed by atoms with E-state index in [1.807, 2.05) is 0 Å². The van der Waals surface area contributed by atoms with Gasteiger partial charge in [0, 0.05) is 7.05 Å². The Kier molecular flexibility index (Phi) is 15.6. The molecule has 5 nitrogen and oxygen atoms in total. The molecule has 200 valence electrons. The number of likely N-dealkylation sites (N-methyl/N-ethyl adjacent to an activating group) is 1. The lowest BCUT2D eigenvalue weighted by molar-refractivity contribution is -0.150. The number of ether oxygens (including phenoxy) is 2. The molecule has 0 aliphatic heterocycles. The highest BCUT2D eigenvalue weighted by Gasteiger charge is 2.36. The van der Waals surface area contributed by atoms with Crippen LogP contribution >= 0.6 is 0 Å². The quantitative estimate of drug-likeness (QED) is 0.165. The Labute approximate surface area is 210 Å². The molecule has 0 bridgehead atoms. The fourth-order valence-electron chi connectivity index (χ4n) is 5.13. The SMILES string of the molecule is CCCCCCCCCCCOC(=O)C(CC(C)C)N(C)C(=O)OC1CC(C)CCC1C(C)C. The molecular weight excluding hydrogens is 426 g/mol. The molecule has 4 atom stereocenters. The average Bonchev–Trinajstić information content (AvgIpc) is 2.77. The van der Waals surface area contributed by atoms with Crippen molar-refractivity contribution in [1.29, 1.82) is 0 Å². The van der Waals surface area contributed by atoms with Gasteiger partial charge in [0.15, 0.2) is 0 Å².